The molecule has 4 aromatic carbocycles. The molecule has 0 radical (unpaired) electrons. The molecule has 0 saturated carbocycles. The third kappa shape index (κ3) is 3.26. The Morgan fingerprint density at radius 3 is 1.86 bits per heavy atom. The van der Waals surface area contributed by atoms with E-state index in [2.05, 4.69) is 118 Å². The molecule has 0 atom stereocenters. The summed E-state index contributed by atoms with van der Waals surface area (Å²) < 4.78 is 0. The predicted molar refractivity (Wildman–Crippen MR) is 124 cm³/mol. The van der Waals surface area contributed by atoms with E-state index in [1.54, 1.807) is 0 Å². The largest absolute Gasteiger partial charge is 0.338 e. The number of fused-ring (bicyclic) bond motifs is 3. The van der Waals surface area contributed by atoms with Crippen LogP contribution < -0.4 is 4.90 Å². The van der Waals surface area contributed by atoms with E-state index in [1.165, 1.54) is 38.5 Å². The minimum absolute atomic E-state index is 0.164. The lowest BCUT2D eigenvalue weighted by molar-refractivity contribution is 0.590. The second kappa shape index (κ2) is 6.98. The highest BCUT2D eigenvalue weighted by Crippen LogP contribution is 2.39. The minimum atomic E-state index is 0.164. The third-order valence-electron chi connectivity index (χ3n) is 5.53. The molecule has 0 spiro atoms. The van der Waals surface area contributed by atoms with Gasteiger partial charge >= 0.3 is 0 Å². The van der Waals surface area contributed by atoms with Crippen LogP contribution in [0.1, 0.15) is 40.2 Å². The summed E-state index contributed by atoms with van der Waals surface area (Å²) in [4.78, 5) is 2.46. The summed E-state index contributed by atoms with van der Waals surface area (Å²) in [6, 6.07) is 29.2. The second-order valence-electron chi connectivity index (χ2n) is 8.92. The van der Waals surface area contributed by atoms with Crippen molar-refractivity contribution in [1.82, 2.24) is 0 Å². The monoisotopic (exact) mass is 367 g/mol. The van der Waals surface area contributed by atoms with Gasteiger partial charge in [-0.2, -0.15) is 0 Å². The molecule has 4 aromatic rings. The number of benzene rings is 4. The van der Waals surface area contributed by atoms with Gasteiger partial charge in [-0.25, -0.2) is 0 Å². The number of rotatable bonds is 3. The van der Waals surface area contributed by atoms with E-state index in [0.29, 0.717) is 6.04 Å². The summed E-state index contributed by atoms with van der Waals surface area (Å²) in [7, 11) is 0. The summed E-state index contributed by atoms with van der Waals surface area (Å²) in [6.07, 6.45) is 0. The number of nitrogens with zero attached hydrogens (tertiary/aromatic N) is 1. The van der Waals surface area contributed by atoms with E-state index < -0.39 is 0 Å². The molecule has 0 unspecified atom stereocenters. The maximum atomic E-state index is 2.46. The summed E-state index contributed by atoms with van der Waals surface area (Å²) in [5, 5.41) is 5.21. The fraction of sp³-hybridized carbons (Fsp3) is 0.259. The normalized spacial score (nSPS) is 12.1. The second-order valence-corrected chi connectivity index (χ2v) is 8.92. The first-order chi connectivity index (χ1) is 13.4. The summed E-state index contributed by atoms with van der Waals surface area (Å²) in [5.41, 5.74) is 4.04. The van der Waals surface area contributed by atoms with Gasteiger partial charge in [0.25, 0.3) is 0 Å². The van der Waals surface area contributed by atoms with Crippen molar-refractivity contribution >= 4 is 32.9 Å². The van der Waals surface area contributed by atoms with E-state index >= 15 is 0 Å². The molecule has 0 bridgehead atoms. The van der Waals surface area contributed by atoms with Gasteiger partial charge in [-0.15, -0.1) is 0 Å². The molecule has 1 heteroatoms. The topological polar surface area (TPSA) is 3.24 Å². The van der Waals surface area contributed by atoms with Gasteiger partial charge in [-0.05, 0) is 59.2 Å². The van der Waals surface area contributed by atoms with Gasteiger partial charge < -0.3 is 4.90 Å². The molecule has 0 aliphatic rings. The van der Waals surface area contributed by atoms with Crippen LogP contribution in [0, 0.1) is 0 Å². The Balaban J connectivity index is 1.94. The zero-order valence-corrected chi connectivity index (χ0v) is 17.5. The Morgan fingerprint density at radius 1 is 0.679 bits per heavy atom. The zero-order valence-electron chi connectivity index (χ0n) is 17.5. The molecule has 0 aliphatic carbocycles. The number of anilines is 2. The number of hydrogen-bond acceptors (Lipinski definition) is 1. The first kappa shape index (κ1) is 18.6. The van der Waals surface area contributed by atoms with Gasteiger partial charge in [-0.1, -0.05) is 81.4 Å². The fourth-order valence-electron chi connectivity index (χ4n) is 4.07. The molecule has 0 saturated heterocycles. The molecule has 0 aromatic heterocycles. The molecule has 142 valence electrons. The summed E-state index contributed by atoms with van der Waals surface area (Å²) >= 11 is 0. The molecule has 4 rings (SSSR count). The highest BCUT2D eigenvalue weighted by molar-refractivity contribution is 6.13. The number of hydrogen-bond donors (Lipinski definition) is 0. The summed E-state index contributed by atoms with van der Waals surface area (Å²) in [5.74, 6) is 0. The first-order valence-electron chi connectivity index (χ1n) is 10.2. The van der Waals surface area contributed by atoms with Crippen LogP contribution in [0.2, 0.25) is 0 Å². The standard InChI is InChI=1S/C27H29N/c1-19(2)28(22-16-14-21(15-17-22)27(3,4)5)26-18-20-10-6-7-11-23(20)24-12-8-9-13-25(24)26/h6-19H,1-5H3. The van der Waals surface area contributed by atoms with Crippen molar-refractivity contribution in [1.29, 1.82) is 0 Å². The highest BCUT2D eigenvalue weighted by Gasteiger charge is 2.19. The molecule has 1 nitrogen and oxygen atoms in total. The van der Waals surface area contributed by atoms with Crippen molar-refractivity contribution in [2.45, 2.75) is 46.1 Å². The minimum Gasteiger partial charge on any atom is -0.338 e. The Kier molecular flexibility index (Phi) is 4.63. The molecule has 0 aliphatic heterocycles. The van der Waals surface area contributed by atoms with Crippen molar-refractivity contribution in [3.8, 4) is 0 Å². The average molecular weight is 368 g/mol. The molecule has 0 fully saturated rings. The van der Waals surface area contributed by atoms with Crippen LogP contribution in [-0.4, -0.2) is 6.04 Å². The smallest absolute Gasteiger partial charge is 0.0499 e. The lowest BCUT2D eigenvalue weighted by Gasteiger charge is -2.31. The molecule has 0 N–H and O–H groups in total. The quantitative estimate of drug-likeness (QED) is 0.333. The Labute approximate surface area is 168 Å². The van der Waals surface area contributed by atoms with Crippen LogP contribution in [0.15, 0.2) is 78.9 Å². The average Bonchev–Trinajstić information content (AvgIpc) is 2.68. The van der Waals surface area contributed by atoms with Gasteiger partial charge in [0, 0.05) is 22.8 Å². The maximum Gasteiger partial charge on any atom is 0.0499 e. The molecular formula is C27H29N. The predicted octanol–water partition coefficient (Wildman–Crippen LogP) is 7.84. The Morgan fingerprint density at radius 2 is 1.25 bits per heavy atom. The van der Waals surface area contributed by atoms with Crippen LogP contribution in [0.4, 0.5) is 11.4 Å². The van der Waals surface area contributed by atoms with Crippen molar-refractivity contribution in [2.24, 2.45) is 0 Å². The van der Waals surface area contributed by atoms with Gasteiger partial charge in [0.05, 0.1) is 0 Å². The summed E-state index contributed by atoms with van der Waals surface area (Å²) in [6.45, 7) is 11.3. The van der Waals surface area contributed by atoms with Gasteiger partial charge in [0.2, 0.25) is 0 Å². The Bertz CT molecular complexity index is 1110. The SMILES string of the molecule is CC(C)N(c1ccc(C(C)(C)C)cc1)c1cc2ccccc2c2ccccc12. The van der Waals surface area contributed by atoms with Crippen molar-refractivity contribution in [3.63, 3.8) is 0 Å². The van der Waals surface area contributed by atoms with E-state index in [-0.39, 0.29) is 5.41 Å². The molecular weight excluding hydrogens is 338 g/mol. The van der Waals surface area contributed by atoms with Crippen molar-refractivity contribution < 1.29 is 0 Å². The lowest BCUT2D eigenvalue weighted by Crippen LogP contribution is -2.25. The van der Waals surface area contributed by atoms with Crippen LogP contribution in [0.3, 0.4) is 0 Å². The zero-order chi connectivity index (χ0) is 19.9. The third-order valence-corrected chi connectivity index (χ3v) is 5.53. The fourth-order valence-corrected chi connectivity index (χ4v) is 4.07. The van der Waals surface area contributed by atoms with Crippen LogP contribution in [0.25, 0.3) is 21.5 Å². The van der Waals surface area contributed by atoms with Gasteiger partial charge in [-0.3, -0.25) is 0 Å². The van der Waals surface area contributed by atoms with Crippen LogP contribution >= 0.6 is 0 Å². The highest BCUT2D eigenvalue weighted by atomic mass is 15.2. The van der Waals surface area contributed by atoms with Crippen molar-refractivity contribution in [2.75, 3.05) is 4.90 Å². The van der Waals surface area contributed by atoms with E-state index in [1.807, 2.05) is 0 Å². The first-order valence-corrected chi connectivity index (χ1v) is 10.2. The van der Waals surface area contributed by atoms with E-state index in [4.69, 9.17) is 0 Å². The van der Waals surface area contributed by atoms with Crippen LogP contribution in [0.5, 0.6) is 0 Å². The van der Waals surface area contributed by atoms with Crippen molar-refractivity contribution in [3.05, 3.63) is 84.4 Å². The molecule has 28 heavy (non-hydrogen) atoms. The van der Waals surface area contributed by atoms with Crippen LogP contribution in [-0.2, 0) is 5.41 Å². The Hall–Kier alpha value is -2.80. The molecule has 0 amide bonds. The van der Waals surface area contributed by atoms with E-state index in [0.717, 1.165) is 0 Å². The molecule has 0 heterocycles. The lowest BCUT2D eigenvalue weighted by atomic mass is 9.87. The van der Waals surface area contributed by atoms with E-state index in [9.17, 15) is 0 Å². The van der Waals surface area contributed by atoms with Gasteiger partial charge in [0.1, 0.15) is 0 Å². The maximum absolute atomic E-state index is 2.46. The van der Waals surface area contributed by atoms with Gasteiger partial charge in [0.15, 0.2) is 0 Å².